The number of rotatable bonds is 4. The Morgan fingerprint density at radius 3 is 2.81 bits per heavy atom. The van der Waals surface area contributed by atoms with E-state index in [1.54, 1.807) is 17.6 Å². The number of hydrogen-bond donors (Lipinski definition) is 1. The second kappa shape index (κ2) is 6.16. The van der Waals surface area contributed by atoms with Crippen LogP contribution in [0.1, 0.15) is 35.0 Å². The van der Waals surface area contributed by atoms with Crippen LogP contribution in [0.2, 0.25) is 0 Å². The fraction of sp³-hybridized carbons (Fsp3) is 0.588. The third-order valence-electron chi connectivity index (χ3n) is 5.78. The van der Waals surface area contributed by atoms with Crippen LogP contribution in [0.15, 0.2) is 22.9 Å². The van der Waals surface area contributed by atoms with Crippen LogP contribution in [-0.2, 0) is 22.5 Å². The molecule has 3 atom stereocenters. The molecule has 1 N–H and O–H groups in total. The summed E-state index contributed by atoms with van der Waals surface area (Å²) in [6, 6.07) is 3.52. The molecule has 3 heterocycles. The summed E-state index contributed by atoms with van der Waals surface area (Å²) in [6.45, 7) is 2.44. The summed E-state index contributed by atoms with van der Waals surface area (Å²) in [5.41, 5.74) is 0.0313. The van der Waals surface area contributed by atoms with E-state index in [0.29, 0.717) is 43.3 Å². The van der Waals surface area contributed by atoms with E-state index in [9.17, 15) is 13.2 Å². The van der Waals surface area contributed by atoms with Gasteiger partial charge >= 0.3 is 0 Å². The average Bonchev–Trinajstić information content (AvgIpc) is 3.29. The van der Waals surface area contributed by atoms with Crippen LogP contribution in [0.3, 0.4) is 0 Å². The number of carbonyl (C=O) groups is 1. The summed E-state index contributed by atoms with van der Waals surface area (Å²) in [6.07, 6.45) is 4.28. The van der Waals surface area contributed by atoms with Crippen LogP contribution in [0, 0.1) is 12.8 Å². The molecule has 4 rings (SSSR count). The largest absolute Gasteiger partial charge is 0.348 e. The monoisotopic (exact) mass is 393 g/mol. The van der Waals surface area contributed by atoms with Gasteiger partial charge in [0.05, 0.1) is 11.7 Å². The van der Waals surface area contributed by atoms with E-state index >= 15 is 0 Å². The molecule has 0 aromatic carbocycles. The molecule has 2 aliphatic rings. The predicted molar refractivity (Wildman–Crippen MR) is 96.5 cm³/mol. The Kier molecular flexibility index (Phi) is 4.15. The number of hydrogen-bond acceptors (Lipinski definition) is 6. The molecule has 0 bridgehead atoms. The molecular weight excluding hydrogens is 370 g/mol. The van der Waals surface area contributed by atoms with Gasteiger partial charge in [0.2, 0.25) is 15.9 Å². The highest BCUT2D eigenvalue weighted by atomic mass is 32.2. The third-order valence-corrected chi connectivity index (χ3v) is 6.99. The van der Waals surface area contributed by atoms with Gasteiger partial charge in [-0.2, -0.15) is 4.98 Å². The van der Waals surface area contributed by atoms with Crippen LogP contribution in [0.4, 0.5) is 0 Å². The fourth-order valence-electron chi connectivity index (χ4n) is 4.47. The first-order valence-corrected chi connectivity index (χ1v) is 10.7. The van der Waals surface area contributed by atoms with Crippen LogP contribution < -0.4 is 5.32 Å². The molecule has 1 amide bonds. The third kappa shape index (κ3) is 3.06. The smallest absolute Gasteiger partial charge is 0.268 e. The van der Waals surface area contributed by atoms with Crippen molar-refractivity contribution in [2.75, 3.05) is 19.3 Å². The molecule has 10 heteroatoms. The van der Waals surface area contributed by atoms with Crippen molar-refractivity contribution in [1.29, 1.82) is 0 Å². The van der Waals surface area contributed by atoms with E-state index in [2.05, 4.69) is 15.5 Å². The minimum Gasteiger partial charge on any atom is -0.348 e. The zero-order chi connectivity index (χ0) is 19.4. The number of aryl methyl sites for hydroxylation is 2. The van der Waals surface area contributed by atoms with Crippen LogP contribution >= 0.6 is 0 Å². The topological polar surface area (TPSA) is 110 Å². The maximum Gasteiger partial charge on any atom is 0.268 e. The van der Waals surface area contributed by atoms with Gasteiger partial charge in [0.25, 0.3) is 5.91 Å². The highest BCUT2D eigenvalue weighted by Gasteiger charge is 2.59. The Balaban J connectivity index is 1.59. The molecule has 146 valence electrons. The first-order chi connectivity index (χ1) is 12.7. The van der Waals surface area contributed by atoms with Crippen molar-refractivity contribution < 1.29 is 17.7 Å². The minimum absolute atomic E-state index is 0.0192. The maximum absolute atomic E-state index is 12.6. The van der Waals surface area contributed by atoms with Crippen molar-refractivity contribution in [1.82, 2.24) is 24.3 Å². The maximum atomic E-state index is 12.6. The number of nitrogens with one attached hydrogen (secondary N) is 1. The summed E-state index contributed by atoms with van der Waals surface area (Å²) < 4.78 is 32.9. The fourth-order valence-corrected chi connectivity index (χ4v) is 5.39. The van der Waals surface area contributed by atoms with Crippen LogP contribution in [0.5, 0.6) is 0 Å². The molecule has 9 nitrogen and oxygen atoms in total. The number of nitrogens with zero attached hydrogens (tertiary/aromatic N) is 4. The van der Waals surface area contributed by atoms with E-state index in [4.69, 9.17) is 4.52 Å². The van der Waals surface area contributed by atoms with Gasteiger partial charge in [-0.25, -0.2) is 12.7 Å². The van der Waals surface area contributed by atoms with Gasteiger partial charge in [0, 0.05) is 32.4 Å². The lowest BCUT2D eigenvalue weighted by Gasteiger charge is -2.24. The van der Waals surface area contributed by atoms with Crippen molar-refractivity contribution >= 4 is 15.9 Å². The summed E-state index contributed by atoms with van der Waals surface area (Å²) in [5, 5.41) is 6.99. The molecule has 1 aliphatic heterocycles. The Bertz CT molecular complexity index is 981. The summed E-state index contributed by atoms with van der Waals surface area (Å²) in [7, 11) is -1.49. The number of fused-ring (bicyclic) bond motifs is 1. The molecule has 0 radical (unpaired) electrons. The lowest BCUT2D eigenvalue weighted by Crippen LogP contribution is -2.39. The second-order valence-corrected chi connectivity index (χ2v) is 9.65. The molecule has 1 saturated carbocycles. The van der Waals surface area contributed by atoms with Crippen LogP contribution in [0.25, 0.3) is 0 Å². The number of aromatic nitrogens is 3. The molecule has 2 aromatic rings. The van der Waals surface area contributed by atoms with E-state index in [0.717, 1.165) is 0 Å². The molecule has 0 unspecified atom stereocenters. The Morgan fingerprint density at radius 1 is 1.44 bits per heavy atom. The number of carbonyl (C=O) groups excluding carboxylic acids is 1. The molecular formula is C17H23N5O4S. The molecule has 0 spiro atoms. The highest BCUT2D eigenvalue weighted by Crippen LogP contribution is 2.50. The van der Waals surface area contributed by atoms with Gasteiger partial charge in [-0.1, -0.05) is 5.16 Å². The zero-order valence-electron chi connectivity index (χ0n) is 15.5. The zero-order valence-corrected chi connectivity index (χ0v) is 16.4. The molecule has 2 aromatic heterocycles. The van der Waals surface area contributed by atoms with Gasteiger partial charge in [-0.3, -0.25) is 4.79 Å². The van der Waals surface area contributed by atoms with Gasteiger partial charge in [0.1, 0.15) is 5.69 Å². The van der Waals surface area contributed by atoms with Crippen molar-refractivity contribution in [3.63, 3.8) is 0 Å². The second-order valence-electron chi connectivity index (χ2n) is 7.67. The van der Waals surface area contributed by atoms with E-state index in [1.165, 1.54) is 10.6 Å². The minimum atomic E-state index is -3.31. The lowest BCUT2D eigenvalue weighted by molar-refractivity contribution is 0.0926. The van der Waals surface area contributed by atoms with E-state index < -0.39 is 15.4 Å². The Hall–Kier alpha value is -2.20. The van der Waals surface area contributed by atoms with Gasteiger partial charge in [-0.15, -0.1) is 0 Å². The van der Waals surface area contributed by atoms with Crippen LogP contribution in [-0.4, -0.2) is 58.7 Å². The average molecular weight is 393 g/mol. The van der Waals surface area contributed by atoms with Crippen molar-refractivity contribution in [2.45, 2.75) is 31.2 Å². The summed E-state index contributed by atoms with van der Waals surface area (Å²) in [5.74, 6) is 0.870. The number of amides is 1. The van der Waals surface area contributed by atoms with Gasteiger partial charge in [-0.05, 0) is 37.8 Å². The van der Waals surface area contributed by atoms with Gasteiger partial charge < -0.3 is 14.4 Å². The molecule has 1 saturated heterocycles. The quantitative estimate of drug-likeness (QED) is 0.807. The summed E-state index contributed by atoms with van der Waals surface area (Å²) in [4.78, 5) is 17.0. The van der Waals surface area contributed by atoms with Crippen molar-refractivity contribution in [3.8, 4) is 0 Å². The molecule has 2 fully saturated rings. The lowest BCUT2D eigenvalue weighted by atomic mass is 9.80. The Labute approximate surface area is 157 Å². The standard InChI is InChI=1S/C17H23N5O4S/c1-11-18-16(26-20-11)17-8-13(19-15(23)14-5-4-6-21(14)2)7-12(17)9-22(10-17)27(3,24)25/h4-6,12-13H,7-10H2,1-3H3,(H,19,23)/t12-,13+,17-/m0/s1. The van der Waals surface area contributed by atoms with Gasteiger partial charge in [0.15, 0.2) is 5.82 Å². The SMILES string of the molecule is Cc1noc([C@]23C[C@H](NC(=O)c4cccn4C)C[C@H]2CN(S(C)(=O)=O)C3)n1. The van der Waals surface area contributed by atoms with Crippen molar-refractivity contribution in [3.05, 3.63) is 35.7 Å². The van der Waals surface area contributed by atoms with E-state index in [1.807, 2.05) is 19.3 Å². The van der Waals surface area contributed by atoms with Crippen molar-refractivity contribution in [2.24, 2.45) is 13.0 Å². The normalized spacial score (nSPS) is 28.4. The highest BCUT2D eigenvalue weighted by molar-refractivity contribution is 7.88. The molecule has 1 aliphatic carbocycles. The first kappa shape index (κ1) is 18.2. The Morgan fingerprint density at radius 2 is 2.22 bits per heavy atom. The predicted octanol–water partition coefficient (Wildman–Crippen LogP) is 0.438. The molecule has 27 heavy (non-hydrogen) atoms. The summed E-state index contributed by atoms with van der Waals surface area (Å²) >= 11 is 0. The number of sulfonamides is 1. The van der Waals surface area contributed by atoms with E-state index in [-0.39, 0.29) is 17.9 Å². The first-order valence-electron chi connectivity index (χ1n) is 8.87.